The van der Waals surface area contributed by atoms with Crippen LogP contribution in [-0.4, -0.2) is 28.1 Å². The normalized spacial score (nSPS) is 16.0. The molecule has 0 unspecified atom stereocenters. The minimum Gasteiger partial charge on any atom is -0.481 e. The van der Waals surface area contributed by atoms with Crippen LogP contribution in [0.15, 0.2) is 36.5 Å². The Labute approximate surface area is 116 Å². The number of aromatic nitrogens is 1. The number of hydrogen-bond donors (Lipinski definition) is 2. The lowest BCUT2D eigenvalue weighted by molar-refractivity contribution is -0.143. The standard InChI is InChI=1S/C15H16N2O3/c18-13(16-10-15(6-7-15)14(19)20)9-17-8-5-11-3-1-2-4-12(11)17/h1-5,8H,6-7,9-10H2,(H,16,18)(H,19,20). The lowest BCUT2D eigenvalue weighted by Gasteiger charge is -2.12. The number of benzene rings is 1. The zero-order valence-corrected chi connectivity index (χ0v) is 11.0. The third-order valence-electron chi connectivity index (χ3n) is 3.93. The summed E-state index contributed by atoms with van der Waals surface area (Å²) < 4.78 is 1.87. The molecule has 2 aromatic rings. The molecule has 0 saturated heterocycles. The van der Waals surface area contributed by atoms with Crippen LogP contribution < -0.4 is 5.32 Å². The van der Waals surface area contributed by atoms with E-state index in [4.69, 9.17) is 5.11 Å². The molecule has 1 aromatic heterocycles. The summed E-state index contributed by atoms with van der Waals surface area (Å²) in [4.78, 5) is 23.0. The second-order valence-electron chi connectivity index (χ2n) is 5.36. The van der Waals surface area contributed by atoms with Gasteiger partial charge in [0.25, 0.3) is 0 Å². The van der Waals surface area contributed by atoms with Gasteiger partial charge >= 0.3 is 5.97 Å². The topological polar surface area (TPSA) is 71.3 Å². The molecule has 0 aliphatic heterocycles. The molecular formula is C15H16N2O3. The molecule has 1 heterocycles. The Morgan fingerprint density at radius 3 is 2.70 bits per heavy atom. The van der Waals surface area contributed by atoms with Crippen LogP contribution in [0.1, 0.15) is 12.8 Å². The van der Waals surface area contributed by atoms with Crippen molar-refractivity contribution < 1.29 is 14.7 Å². The first-order valence-corrected chi connectivity index (χ1v) is 6.65. The Balaban J connectivity index is 1.63. The van der Waals surface area contributed by atoms with Crippen LogP contribution in [0.25, 0.3) is 10.9 Å². The van der Waals surface area contributed by atoms with Gasteiger partial charge in [-0.3, -0.25) is 9.59 Å². The van der Waals surface area contributed by atoms with E-state index in [0.717, 1.165) is 10.9 Å². The molecule has 0 spiro atoms. The van der Waals surface area contributed by atoms with E-state index < -0.39 is 11.4 Å². The SMILES string of the molecule is O=C(Cn1ccc2ccccc21)NCC1(C(=O)O)CC1. The monoisotopic (exact) mass is 272 g/mol. The van der Waals surface area contributed by atoms with Crippen molar-refractivity contribution in [1.82, 2.24) is 9.88 Å². The quantitative estimate of drug-likeness (QED) is 0.869. The first kappa shape index (κ1) is 12.7. The van der Waals surface area contributed by atoms with Crippen molar-refractivity contribution in [3.05, 3.63) is 36.5 Å². The number of rotatable bonds is 5. The van der Waals surface area contributed by atoms with E-state index in [1.165, 1.54) is 0 Å². The molecule has 5 heteroatoms. The minimum absolute atomic E-state index is 0.154. The molecule has 3 rings (SSSR count). The molecule has 1 aliphatic rings. The predicted octanol–water partition coefficient (Wildman–Crippen LogP) is 1.62. The smallest absolute Gasteiger partial charge is 0.311 e. The third-order valence-corrected chi connectivity index (χ3v) is 3.93. The van der Waals surface area contributed by atoms with Gasteiger partial charge in [-0.05, 0) is 30.4 Å². The number of fused-ring (bicyclic) bond motifs is 1. The number of nitrogens with one attached hydrogen (secondary N) is 1. The van der Waals surface area contributed by atoms with Crippen LogP contribution in [0.5, 0.6) is 0 Å². The number of carbonyl (C=O) groups excluding carboxylic acids is 1. The predicted molar refractivity (Wildman–Crippen MR) is 74.3 cm³/mol. The average molecular weight is 272 g/mol. The van der Waals surface area contributed by atoms with E-state index >= 15 is 0 Å². The van der Waals surface area contributed by atoms with Crippen LogP contribution >= 0.6 is 0 Å². The fourth-order valence-electron chi connectivity index (χ4n) is 2.37. The van der Waals surface area contributed by atoms with Gasteiger partial charge in [-0.15, -0.1) is 0 Å². The third kappa shape index (κ3) is 2.27. The van der Waals surface area contributed by atoms with Gasteiger partial charge in [0.1, 0.15) is 6.54 Å². The van der Waals surface area contributed by atoms with Gasteiger partial charge in [-0.1, -0.05) is 18.2 Å². The summed E-state index contributed by atoms with van der Waals surface area (Å²) in [6.45, 7) is 0.434. The van der Waals surface area contributed by atoms with Gasteiger partial charge in [0.05, 0.1) is 5.41 Å². The maximum Gasteiger partial charge on any atom is 0.311 e. The van der Waals surface area contributed by atoms with Crippen LogP contribution in [0.3, 0.4) is 0 Å². The number of para-hydroxylation sites is 1. The molecule has 20 heavy (non-hydrogen) atoms. The summed E-state index contributed by atoms with van der Waals surface area (Å²) in [7, 11) is 0. The van der Waals surface area contributed by atoms with Crippen molar-refractivity contribution in [2.75, 3.05) is 6.54 Å². The number of carbonyl (C=O) groups is 2. The van der Waals surface area contributed by atoms with Crippen LogP contribution in [0, 0.1) is 5.41 Å². The van der Waals surface area contributed by atoms with Gasteiger partial charge in [-0.25, -0.2) is 0 Å². The highest BCUT2D eigenvalue weighted by atomic mass is 16.4. The molecule has 0 radical (unpaired) electrons. The average Bonchev–Trinajstić information content (AvgIpc) is 3.14. The van der Waals surface area contributed by atoms with Crippen molar-refractivity contribution in [3.63, 3.8) is 0 Å². The van der Waals surface area contributed by atoms with Crippen LogP contribution in [0.4, 0.5) is 0 Å². The Hall–Kier alpha value is -2.30. The maximum atomic E-state index is 11.9. The lowest BCUT2D eigenvalue weighted by Crippen LogP contribution is -2.35. The number of carboxylic acid groups (broad SMARTS) is 1. The Morgan fingerprint density at radius 2 is 2.00 bits per heavy atom. The van der Waals surface area contributed by atoms with E-state index in [0.29, 0.717) is 12.8 Å². The van der Waals surface area contributed by atoms with Crippen molar-refractivity contribution in [1.29, 1.82) is 0 Å². The summed E-state index contributed by atoms with van der Waals surface area (Å²) in [6, 6.07) is 9.80. The second kappa shape index (κ2) is 4.67. The number of carboxylic acids is 1. The largest absolute Gasteiger partial charge is 0.481 e. The summed E-state index contributed by atoms with van der Waals surface area (Å²) in [5.74, 6) is -0.969. The zero-order chi connectivity index (χ0) is 14.2. The summed E-state index contributed by atoms with van der Waals surface area (Å²) >= 11 is 0. The molecule has 1 amide bonds. The lowest BCUT2D eigenvalue weighted by atomic mass is 10.1. The molecule has 1 saturated carbocycles. The van der Waals surface area contributed by atoms with E-state index in [-0.39, 0.29) is 19.0 Å². The summed E-state index contributed by atoms with van der Waals surface area (Å²) in [6.07, 6.45) is 3.17. The summed E-state index contributed by atoms with van der Waals surface area (Å²) in [5.41, 5.74) is 0.288. The molecule has 0 bridgehead atoms. The first-order chi connectivity index (χ1) is 9.61. The molecular weight excluding hydrogens is 256 g/mol. The number of aliphatic carboxylic acids is 1. The van der Waals surface area contributed by atoms with Crippen LogP contribution in [-0.2, 0) is 16.1 Å². The maximum absolute atomic E-state index is 11.9. The van der Waals surface area contributed by atoms with Gasteiger partial charge in [0, 0.05) is 18.3 Å². The Kier molecular flexibility index (Phi) is 2.97. The second-order valence-corrected chi connectivity index (χ2v) is 5.36. The van der Waals surface area contributed by atoms with E-state index in [1.807, 2.05) is 41.1 Å². The highest BCUT2D eigenvalue weighted by molar-refractivity contribution is 5.84. The van der Waals surface area contributed by atoms with Crippen molar-refractivity contribution in [2.45, 2.75) is 19.4 Å². The fourth-order valence-corrected chi connectivity index (χ4v) is 2.37. The molecule has 1 aliphatic carbocycles. The minimum atomic E-state index is -0.816. The number of amides is 1. The van der Waals surface area contributed by atoms with Gasteiger partial charge < -0.3 is 15.0 Å². The number of hydrogen-bond acceptors (Lipinski definition) is 2. The first-order valence-electron chi connectivity index (χ1n) is 6.65. The molecule has 1 aromatic carbocycles. The number of nitrogens with zero attached hydrogens (tertiary/aromatic N) is 1. The summed E-state index contributed by atoms with van der Waals surface area (Å²) in [5, 5.41) is 12.9. The fraction of sp³-hybridized carbons (Fsp3) is 0.333. The van der Waals surface area contributed by atoms with Gasteiger partial charge in [-0.2, -0.15) is 0 Å². The van der Waals surface area contributed by atoms with Gasteiger partial charge in [0.15, 0.2) is 0 Å². The van der Waals surface area contributed by atoms with Crippen molar-refractivity contribution in [3.8, 4) is 0 Å². The van der Waals surface area contributed by atoms with E-state index in [2.05, 4.69) is 5.32 Å². The van der Waals surface area contributed by atoms with E-state index in [9.17, 15) is 9.59 Å². The molecule has 5 nitrogen and oxygen atoms in total. The molecule has 2 N–H and O–H groups in total. The Bertz CT molecular complexity index is 671. The molecule has 0 atom stereocenters. The molecule has 104 valence electrons. The highest BCUT2D eigenvalue weighted by Crippen LogP contribution is 2.45. The molecule has 1 fully saturated rings. The van der Waals surface area contributed by atoms with Crippen molar-refractivity contribution in [2.24, 2.45) is 5.41 Å². The van der Waals surface area contributed by atoms with Gasteiger partial charge in [0.2, 0.25) is 5.91 Å². The zero-order valence-electron chi connectivity index (χ0n) is 11.0. The van der Waals surface area contributed by atoms with Crippen LogP contribution in [0.2, 0.25) is 0 Å². The highest BCUT2D eigenvalue weighted by Gasteiger charge is 2.50. The van der Waals surface area contributed by atoms with E-state index in [1.54, 1.807) is 0 Å². The van der Waals surface area contributed by atoms with Crippen molar-refractivity contribution >= 4 is 22.8 Å². The Morgan fingerprint density at radius 1 is 1.25 bits per heavy atom.